The molecular formula is C17H30N2O. The third kappa shape index (κ3) is 4.10. The average Bonchev–Trinajstić information content (AvgIpc) is 2.79. The van der Waals surface area contributed by atoms with Crippen LogP contribution in [0.2, 0.25) is 0 Å². The highest BCUT2D eigenvalue weighted by molar-refractivity contribution is 5.20. The number of likely N-dealkylation sites (tertiary alicyclic amines) is 1. The van der Waals surface area contributed by atoms with E-state index in [2.05, 4.69) is 37.1 Å². The molecule has 0 amide bonds. The van der Waals surface area contributed by atoms with Crippen molar-refractivity contribution in [1.29, 1.82) is 0 Å². The number of hydrogen-bond donors (Lipinski definition) is 1. The fourth-order valence-electron chi connectivity index (χ4n) is 3.23. The minimum atomic E-state index is 0.761. The average molecular weight is 278 g/mol. The Morgan fingerprint density at radius 1 is 1.35 bits per heavy atom. The summed E-state index contributed by atoms with van der Waals surface area (Å²) in [6.45, 7) is 10.6. The lowest BCUT2D eigenvalue weighted by Crippen LogP contribution is -2.38. The first-order chi connectivity index (χ1) is 9.74. The van der Waals surface area contributed by atoms with Gasteiger partial charge in [0.1, 0.15) is 11.5 Å². The van der Waals surface area contributed by atoms with Gasteiger partial charge in [-0.2, -0.15) is 0 Å². The fourth-order valence-corrected chi connectivity index (χ4v) is 3.23. The Balaban J connectivity index is 1.97. The van der Waals surface area contributed by atoms with E-state index in [9.17, 15) is 0 Å². The molecule has 3 heteroatoms. The van der Waals surface area contributed by atoms with Gasteiger partial charge in [-0.15, -0.1) is 0 Å². The first-order valence-electron chi connectivity index (χ1n) is 8.27. The smallest absolute Gasteiger partial charge is 0.118 e. The van der Waals surface area contributed by atoms with Gasteiger partial charge in [0, 0.05) is 18.2 Å². The second-order valence-corrected chi connectivity index (χ2v) is 5.98. The lowest BCUT2D eigenvalue weighted by Gasteiger charge is -2.35. The SMILES string of the molecule is CCCC1CCCCN1Cc1cc(CNCC)c(C)o1. The predicted molar refractivity (Wildman–Crippen MR) is 83.8 cm³/mol. The number of nitrogens with one attached hydrogen (secondary N) is 1. The third-order valence-electron chi connectivity index (χ3n) is 4.37. The highest BCUT2D eigenvalue weighted by Gasteiger charge is 2.22. The van der Waals surface area contributed by atoms with Crippen molar-refractivity contribution in [1.82, 2.24) is 10.2 Å². The van der Waals surface area contributed by atoms with Gasteiger partial charge in [0.15, 0.2) is 0 Å². The number of aryl methyl sites for hydroxylation is 1. The predicted octanol–water partition coefficient (Wildman–Crippen LogP) is 3.85. The van der Waals surface area contributed by atoms with Gasteiger partial charge in [-0.05, 0) is 45.3 Å². The zero-order chi connectivity index (χ0) is 14.4. The van der Waals surface area contributed by atoms with Crippen LogP contribution in [0, 0.1) is 6.92 Å². The van der Waals surface area contributed by atoms with E-state index in [4.69, 9.17) is 4.42 Å². The molecule has 0 aromatic carbocycles. The topological polar surface area (TPSA) is 28.4 Å². The van der Waals surface area contributed by atoms with Crippen molar-refractivity contribution in [2.24, 2.45) is 0 Å². The van der Waals surface area contributed by atoms with Crippen LogP contribution in [0.4, 0.5) is 0 Å². The zero-order valence-electron chi connectivity index (χ0n) is 13.4. The molecule has 1 aromatic heterocycles. The standard InChI is InChI=1S/C17H30N2O/c1-4-8-16-9-6-7-10-19(16)13-17-11-15(12-18-5-2)14(3)20-17/h11,16,18H,4-10,12-13H2,1-3H3. The summed E-state index contributed by atoms with van der Waals surface area (Å²) >= 11 is 0. The van der Waals surface area contributed by atoms with Crippen LogP contribution in [-0.4, -0.2) is 24.0 Å². The zero-order valence-corrected chi connectivity index (χ0v) is 13.4. The van der Waals surface area contributed by atoms with Gasteiger partial charge < -0.3 is 9.73 Å². The Labute approximate surface area is 123 Å². The molecule has 3 nitrogen and oxygen atoms in total. The first kappa shape index (κ1) is 15.6. The van der Waals surface area contributed by atoms with Crippen molar-refractivity contribution in [2.45, 2.75) is 72.0 Å². The maximum absolute atomic E-state index is 5.96. The summed E-state index contributed by atoms with van der Waals surface area (Å²) < 4.78 is 5.96. The number of hydrogen-bond acceptors (Lipinski definition) is 3. The molecule has 20 heavy (non-hydrogen) atoms. The summed E-state index contributed by atoms with van der Waals surface area (Å²) in [6.07, 6.45) is 6.69. The number of nitrogens with zero attached hydrogens (tertiary/aromatic N) is 1. The lowest BCUT2D eigenvalue weighted by molar-refractivity contribution is 0.122. The van der Waals surface area contributed by atoms with E-state index in [-0.39, 0.29) is 0 Å². The Kier molecular flexibility index (Phi) is 6.11. The number of piperidine rings is 1. The van der Waals surface area contributed by atoms with Crippen LogP contribution in [0.3, 0.4) is 0 Å². The lowest BCUT2D eigenvalue weighted by atomic mass is 9.98. The van der Waals surface area contributed by atoms with Gasteiger partial charge in [0.05, 0.1) is 6.54 Å². The summed E-state index contributed by atoms with van der Waals surface area (Å²) in [5, 5.41) is 3.38. The molecule has 0 bridgehead atoms. The van der Waals surface area contributed by atoms with Crippen LogP contribution < -0.4 is 5.32 Å². The molecule has 1 aliphatic heterocycles. The van der Waals surface area contributed by atoms with Gasteiger partial charge in [0.25, 0.3) is 0 Å². The molecule has 1 unspecified atom stereocenters. The van der Waals surface area contributed by atoms with E-state index in [1.807, 2.05) is 0 Å². The first-order valence-corrected chi connectivity index (χ1v) is 8.27. The molecule has 0 saturated carbocycles. The van der Waals surface area contributed by atoms with Crippen molar-refractivity contribution in [3.8, 4) is 0 Å². The Morgan fingerprint density at radius 3 is 2.95 bits per heavy atom. The van der Waals surface area contributed by atoms with Crippen LogP contribution in [-0.2, 0) is 13.1 Å². The van der Waals surface area contributed by atoms with Gasteiger partial charge >= 0.3 is 0 Å². The summed E-state index contributed by atoms with van der Waals surface area (Å²) in [7, 11) is 0. The summed E-state index contributed by atoms with van der Waals surface area (Å²) in [5.41, 5.74) is 1.31. The second-order valence-electron chi connectivity index (χ2n) is 5.98. The minimum absolute atomic E-state index is 0.761. The van der Waals surface area contributed by atoms with Gasteiger partial charge in [-0.3, -0.25) is 4.90 Å². The van der Waals surface area contributed by atoms with Gasteiger partial charge in [-0.1, -0.05) is 26.7 Å². The molecule has 2 rings (SSSR count). The van der Waals surface area contributed by atoms with Gasteiger partial charge in [0.2, 0.25) is 0 Å². The molecule has 1 saturated heterocycles. The van der Waals surface area contributed by atoms with Crippen molar-refractivity contribution < 1.29 is 4.42 Å². The monoisotopic (exact) mass is 278 g/mol. The molecule has 1 fully saturated rings. The molecule has 1 N–H and O–H groups in total. The van der Waals surface area contributed by atoms with E-state index in [1.54, 1.807) is 0 Å². The summed E-state index contributed by atoms with van der Waals surface area (Å²) in [4.78, 5) is 2.63. The highest BCUT2D eigenvalue weighted by Crippen LogP contribution is 2.24. The molecule has 2 heterocycles. The molecule has 1 aliphatic rings. The fraction of sp³-hybridized carbons (Fsp3) is 0.765. The van der Waals surface area contributed by atoms with Crippen molar-refractivity contribution >= 4 is 0 Å². The van der Waals surface area contributed by atoms with Crippen LogP contribution in [0.25, 0.3) is 0 Å². The van der Waals surface area contributed by atoms with E-state index in [0.717, 1.165) is 37.2 Å². The van der Waals surface area contributed by atoms with E-state index < -0.39 is 0 Å². The molecule has 0 spiro atoms. The van der Waals surface area contributed by atoms with Crippen LogP contribution in [0.15, 0.2) is 10.5 Å². The van der Waals surface area contributed by atoms with E-state index in [0.29, 0.717) is 0 Å². The molecule has 0 radical (unpaired) electrons. The molecule has 1 atom stereocenters. The van der Waals surface area contributed by atoms with E-state index in [1.165, 1.54) is 44.2 Å². The Bertz CT molecular complexity index is 398. The largest absolute Gasteiger partial charge is 0.465 e. The van der Waals surface area contributed by atoms with Crippen molar-refractivity contribution in [3.05, 3.63) is 23.2 Å². The molecule has 1 aromatic rings. The van der Waals surface area contributed by atoms with Crippen molar-refractivity contribution in [3.63, 3.8) is 0 Å². The molecule has 114 valence electrons. The van der Waals surface area contributed by atoms with Crippen LogP contribution in [0.5, 0.6) is 0 Å². The van der Waals surface area contributed by atoms with Crippen LogP contribution in [0.1, 0.15) is 63.0 Å². The van der Waals surface area contributed by atoms with E-state index >= 15 is 0 Å². The normalized spacial score (nSPS) is 20.4. The molecular weight excluding hydrogens is 248 g/mol. The Hall–Kier alpha value is -0.800. The summed E-state index contributed by atoms with van der Waals surface area (Å²) in [5.74, 6) is 2.21. The van der Waals surface area contributed by atoms with Crippen LogP contribution >= 0.6 is 0 Å². The molecule has 0 aliphatic carbocycles. The maximum Gasteiger partial charge on any atom is 0.118 e. The van der Waals surface area contributed by atoms with Crippen molar-refractivity contribution in [2.75, 3.05) is 13.1 Å². The minimum Gasteiger partial charge on any atom is -0.465 e. The Morgan fingerprint density at radius 2 is 2.20 bits per heavy atom. The third-order valence-corrected chi connectivity index (χ3v) is 4.37. The van der Waals surface area contributed by atoms with Gasteiger partial charge in [-0.25, -0.2) is 0 Å². The second kappa shape index (κ2) is 7.84. The maximum atomic E-state index is 5.96. The quantitative estimate of drug-likeness (QED) is 0.821. The highest BCUT2D eigenvalue weighted by atomic mass is 16.3. The number of furan rings is 1. The number of rotatable bonds is 7. The summed E-state index contributed by atoms with van der Waals surface area (Å²) in [6, 6.07) is 3.01.